The van der Waals surface area contributed by atoms with Crippen molar-refractivity contribution >= 4 is 21.5 Å². The molecule has 2 atom stereocenters. The van der Waals surface area contributed by atoms with Crippen molar-refractivity contribution in [2.45, 2.75) is 24.4 Å². The van der Waals surface area contributed by atoms with E-state index >= 15 is 0 Å². The Bertz CT molecular complexity index is 402. The van der Waals surface area contributed by atoms with Gasteiger partial charge in [0.25, 0.3) is 0 Å². The quantitative estimate of drug-likeness (QED) is 0.387. The molecule has 0 aliphatic rings. The minimum atomic E-state index is -6.18. The second kappa shape index (κ2) is 5.42. The van der Waals surface area contributed by atoms with E-state index in [4.69, 9.17) is 19.8 Å². The number of aldehydes is 1. The Balaban J connectivity index is 4.75. The molecule has 108 valence electrons. The fourth-order valence-electron chi connectivity index (χ4n) is 0.677. The van der Waals surface area contributed by atoms with E-state index in [1.807, 2.05) is 0 Å². The van der Waals surface area contributed by atoms with Gasteiger partial charge in [-0.25, -0.2) is 0 Å². The zero-order chi connectivity index (χ0) is 14.8. The van der Waals surface area contributed by atoms with Crippen LogP contribution in [0.5, 0.6) is 0 Å². The summed E-state index contributed by atoms with van der Waals surface area (Å²) in [5, 5.41) is 3.87. The lowest BCUT2D eigenvalue weighted by atomic mass is 10.1. The van der Waals surface area contributed by atoms with Crippen LogP contribution in [0.15, 0.2) is 0 Å². The normalized spacial score (nSPS) is 19.9. The Morgan fingerprint density at radius 2 is 1.72 bits per heavy atom. The lowest BCUT2D eigenvalue weighted by molar-refractivity contribution is -0.123. The van der Waals surface area contributed by atoms with Crippen molar-refractivity contribution in [3.63, 3.8) is 0 Å². The first-order chi connectivity index (χ1) is 7.77. The molecule has 4 N–H and O–H groups in total. The molecule has 0 saturated heterocycles. The van der Waals surface area contributed by atoms with Crippen LogP contribution in [-0.4, -0.2) is 43.7 Å². The van der Waals surface area contributed by atoms with Gasteiger partial charge in [-0.05, 0) is 6.92 Å². The van der Waals surface area contributed by atoms with Crippen molar-refractivity contribution in [2.75, 3.05) is 6.61 Å². The van der Waals surface area contributed by atoms with Crippen LogP contribution in [0.4, 0.5) is 8.78 Å². The van der Waals surface area contributed by atoms with Gasteiger partial charge in [-0.15, -0.1) is 0 Å². The highest BCUT2D eigenvalue weighted by Gasteiger charge is 2.64. The zero-order valence-electron chi connectivity index (χ0n) is 9.06. The standard InChI is InChI=1S/C6H12F2O8P2/c1-5(10,4-9)2-3-16-18(14,15)6(7,8)17(11,12)13/h4,10H,2-3H2,1H3,(H,14,15)(H2,11,12,13). The summed E-state index contributed by atoms with van der Waals surface area (Å²) in [7, 11) is -12.1. The molecule has 0 rings (SSSR count). The second-order valence-electron chi connectivity index (χ2n) is 3.63. The summed E-state index contributed by atoms with van der Waals surface area (Å²) in [4.78, 5) is 35.5. The molecule has 0 bridgehead atoms. The molecular weight excluding hydrogens is 300 g/mol. The Morgan fingerprint density at radius 1 is 1.28 bits per heavy atom. The van der Waals surface area contributed by atoms with Crippen LogP contribution in [0, 0.1) is 0 Å². The average Bonchev–Trinajstić information content (AvgIpc) is 2.15. The summed E-state index contributed by atoms with van der Waals surface area (Å²) < 4.78 is 50.9. The van der Waals surface area contributed by atoms with E-state index in [-0.39, 0.29) is 6.29 Å². The van der Waals surface area contributed by atoms with Crippen LogP contribution >= 0.6 is 15.2 Å². The molecule has 0 aromatic heterocycles. The lowest BCUT2D eigenvalue weighted by Crippen LogP contribution is -2.28. The molecular formula is C6H12F2O8P2. The highest BCUT2D eigenvalue weighted by molar-refractivity contribution is 7.72. The number of halogens is 2. The monoisotopic (exact) mass is 312 g/mol. The van der Waals surface area contributed by atoms with Crippen molar-refractivity contribution in [2.24, 2.45) is 0 Å². The largest absolute Gasteiger partial charge is 0.443 e. The van der Waals surface area contributed by atoms with Gasteiger partial charge in [0.15, 0.2) is 6.29 Å². The molecule has 0 amide bonds. The summed E-state index contributed by atoms with van der Waals surface area (Å²) in [5.74, 6) is 0. The summed E-state index contributed by atoms with van der Waals surface area (Å²) in [5.41, 5.74) is -1.96. The minimum Gasteiger partial charge on any atom is -0.383 e. The number of hydrogen-bond donors (Lipinski definition) is 4. The van der Waals surface area contributed by atoms with E-state index in [1.54, 1.807) is 0 Å². The number of hydrogen-bond acceptors (Lipinski definition) is 5. The second-order valence-corrected chi connectivity index (χ2v) is 7.50. The molecule has 0 aromatic rings. The van der Waals surface area contributed by atoms with Crippen LogP contribution in [0.2, 0.25) is 0 Å². The summed E-state index contributed by atoms with van der Waals surface area (Å²) in [6, 6.07) is 0. The van der Waals surface area contributed by atoms with Gasteiger partial charge in [0.2, 0.25) is 0 Å². The molecule has 0 radical (unpaired) electrons. The molecule has 12 heteroatoms. The van der Waals surface area contributed by atoms with Crippen LogP contribution < -0.4 is 0 Å². The fraction of sp³-hybridized carbons (Fsp3) is 0.833. The molecule has 18 heavy (non-hydrogen) atoms. The predicted molar refractivity (Wildman–Crippen MR) is 54.1 cm³/mol. The Morgan fingerprint density at radius 3 is 2.06 bits per heavy atom. The molecule has 0 aromatic carbocycles. The first-order valence-corrected chi connectivity index (χ1v) is 7.55. The molecule has 0 saturated carbocycles. The Hall–Kier alpha value is -0.210. The highest BCUT2D eigenvalue weighted by Crippen LogP contribution is 2.73. The van der Waals surface area contributed by atoms with Gasteiger partial charge < -0.3 is 29.1 Å². The minimum absolute atomic E-state index is 0.0553. The van der Waals surface area contributed by atoms with Gasteiger partial charge in [0, 0.05) is 6.42 Å². The number of alkyl halides is 2. The van der Waals surface area contributed by atoms with Gasteiger partial charge in [-0.1, -0.05) is 0 Å². The van der Waals surface area contributed by atoms with Gasteiger partial charge >= 0.3 is 20.6 Å². The molecule has 2 unspecified atom stereocenters. The number of aliphatic hydroxyl groups is 1. The van der Waals surface area contributed by atoms with Gasteiger partial charge in [0.05, 0.1) is 6.61 Å². The van der Waals surface area contributed by atoms with Crippen molar-refractivity contribution in [1.29, 1.82) is 0 Å². The smallest absolute Gasteiger partial charge is 0.383 e. The topological polar surface area (TPSA) is 141 Å². The number of carbonyl (C=O) groups excluding carboxylic acids is 1. The molecule has 8 nitrogen and oxygen atoms in total. The lowest BCUT2D eigenvalue weighted by Gasteiger charge is -2.23. The van der Waals surface area contributed by atoms with Crippen molar-refractivity contribution < 1.29 is 47.0 Å². The fourth-order valence-corrected chi connectivity index (χ4v) is 2.66. The Labute approximate surface area is 100 Å². The third kappa shape index (κ3) is 4.17. The Kier molecular flexibility index (Phi) is 5.36. The number of rotatable bonds is 7. The van der Waals surface area contributed by atoms with E-state index < -0.39 is 39.2 Å². The van der Waals surface area contributed by atoms with E-state index in [9.17, 15) is 22.7 Å². The van der Waals surface area contributed by atoms with Gasteiger partial charge in [0.1, 0.15) is 5.60 Å². The molecule has 0 heterocycles. The maximum absolute atomic E-state index is 12.9. The first kappa shape index (κ1) is 17.8. The third-order valence-electron chi connectivity index (χ3n) is 1.82. The molecule has 0 aliphatic heterocycles. The summed E-state index contributed by atoms with van der Waals surface area (Å²) in [6.07, 6.45) is -0.544. The van der Waals surface area contributed by atoms with E-state index in [1.165, 1.54) is 0 Å². The maximum atomic E-state index is 12.9. The maximum Gasteiger partial charge on any atom is 0.443 e. The SMILES string of the molecule is CC(O)(C=O)CCOP(=O)(O)C(F)(F)P(=O)(O)O. The number of carbonyl (C=O) groups is 1. The first-order valence-electron chi connectivity index (χ1n) is 4.36. The van der Waals surface area contributed by atoms with Crippen molar-refractivity contribution in [3.8, 4) is 0 Å². The average molecular weight is 312 g/mol. The highest BCUT2D eigenvalue weighted by atomic mass is 31.2. The summed E-state index contributed by atoms with van der Waals surface area (Å²) in [6.45, 7) is 0.0297. The molecule has 0 aliphatic carbocycles. The van der Waals surface area contributed by atoms with E-state index in [0.29, 0.717) is 0 Å². The van der Waals surface area contributed by atoms with E-state index in [2.05, 4.69) is 4.52 Å². The van der Waals surface area contributed by atoms with Crippen molar-refractivity contribution in [1.82, 2.24) is 0 Å². The predicted octanol–water partition coefficient (Wildman–Crippen LogP) is 0.256. The van der Waals surface area contributed by atoms with Crippen molar-refractivity contribution in [3.05, 3.63) is 0 Å². The van der Waals surface area contributed by atoms with Gasteiger partial charge in [-0.3, -0.25) is 9.13 Å². The van der Waals surface area contributed by atoms with Crippen LogP contribution in [0.1, 0.15) is 13.3 Å². The van der Waals surface area contributed by atoms with Crippen LogP contribution in [-0.2, 0) is 18.4 Å². The third-order valence-corrected chi connectivity index (χ3v) is 5.27. The van der Waals surface area contributed by atoms with Crippen LogP contribution in [0.25, 0.3) is 0 Å². The summed E-state index contributed by atoms with van der Waals surface area (Å²) >= 11 is 0. The van der Waals surface area contributed by atoms with E-state index in [0.717, 1.165) is 6.92 Å². The van der Waals surface area contributed by atoms with Crippen LogP contribution in [0.3, 0.4) is 0 Å². The molecule has 0 spiro atoms. The molecule has 0 fully saturated rings. The van der Waals surface area contributed by atoms with Gasteiger partial charge in [-0.2, -0.15) is 8.78 Å². The zero-order valence-corrected chi connectivity index (χ0v) is 10.9.